The Balaban J connectivity index is 1.59. The molecule has 26 heavy (non-hydrogen) atoms. The molecule has 0 fully saturated rings. The van der Waals surface area contributed by atoms with Gasteiger partial charge in [-0.3, -0.25) is 4.79 Å². The van der Waals surface area contributed by atoms with E-state index in [1.165, 1.54) is 10.5 Å². The van der Waals surface area contributed by atoms with Crippen LogP contribution in [0.25, 0.3) is 0 Å². The van der Waals surface area contributed by atoms with Gasteiger partial charge in [0.2, 0.25) is 0 Å². The highest BCUT2D eigenvalue weighted by atomic mass is 16.5. The number of aryl methyl sites for hydroxylation is 3. The molecule has 0 aliphatic carbocycles. The topological polar surface area (TPSA) is 84.2 Å². The number of carbonyl (C=O) groups excluding carboxylic acids is 1. The third kappa shape index (κ3) is 4.11. The minimum Gasteiger partial charge on any atom is -0.486 e. The molecule has 0 unspecified atom stereocenters. The molecule has 2 aromatic heterocycles. The van der Waals surface area contributed by atoms with Crippen molar-refractivity contribution in [3.63, 3.8) is 0 Å². The lowest BCUT2D eigenvalue weighted by atomic mass is 10.1. The summed E-state index contributed by atoms with van der Waals surface area (Å²) in [6.07, 6.45) is 1.73. The minimum absolute atomic E-state index is 0.212. The summed E-state index contributed by atoms with van der Waals surface area (Å²) >= 11 is 0. The average molecular weight is 354 g/mol. The van der Waals surface area contributed by atoms with E-state index in [1.54, 1.807) is 19.3 Å². The van der Waals surface area contributed by atoms with Crippen LogP contribution in [-0.4, -0.2) is 33.0 Å². The van der Waals surface area contributed by atoms with E-state index in [-0.39, 0.29) is 18.2 Å². The fourth-order valence-electron chi connectivity index (χ4n) is 2.48. The Morgan fingerprint density at radius 2 is 2.04 bits per heavy atom. The van der Waals surface area contributed by atoms with Crippen molar-refractivity contribution in [3.05, 3.63) is 64.6 Å². The Bertz CT molecular complexity index is 913. The first-order valence-corrected chi connectivity index (χ1v) is 8.34. The molecule has 0 aliphatic rings. The van der Waals surface area contributed by atoms with E-state index in [1.807, 2.05) is 39.0 Å². The number of imidazole rings is 1. The molecule has 1 amide bonds. The van der Waals surface area contributed by atoms with Gasteiger partial charge in [0.25, 0.3) is 5.91 Å². The molecule has 3 rings (SSSR count). The predicted octanol–water partition coefficient (Wildman–Crippen LogP) is 3.17. The lowest BCUT2D eigenvalue weighted by molar-refractivity contribution is 0.0771. The first-order valence-electron chi connectivity index (χ1n) is 8.34. The monoisotopic (exact) mass is 354 g/mol. The van der Waals surface area contributed by atoms with Crippen LogP contribution in [0.15, 0.2) is 35.0 Å². The van der Waals surface area contributed by atoms with Crippen molar-refractivity contribution < 1.29 is 14.1 Å². The minimum atomic E-state index is -0.236. The van der Waals surface area contributed by atoms with Crippen molar-refractivity contribution in [3.8, 4) is 5.75 Å². The van der Waals surface area contributed by atoms with E-state index in [4.69, 9.17) is 9.26 Å². The van der Waals surface area contributed by atoms with Crippen LogP contribution < -0.4 is 4.74 Å². The summed E-state index contributed by atoms with van der Waals surface area (Å²) in [5.74, 6) is 1.73. The van der Waals surface area contributed by atoms with Gasteiger partial charge >= 0.3 is 0 Å². The summed E-state index contributed by atoms with van der Waals surface area (Å²) in [5.41, 5.74) is 3.56. The maximum atomic E-state index is 12.4. The van der Waals surface area contributed by atoms with E-state index >= 15 is 0 Å². The average Bonchev–Trinajstić information content (AvgIpc) is 3.24. The maximum absolute atomic E-state index is 12.4. The number of aromatic nitrogens is 3. The molecule has 136 valence electrons. The first kappa shape index (κ1) is 17.7. The number of hydrogen-bond acceptors (Lipinski definition) is 5. The van der Waals surface area contributed by atoms with E-state index in [0.717, 1.165) is 22.8 Å². The second kappa shape index (κ2) is 7.43. The van der Waals surface area contributed by atoms with E-state index in [0.29, 0.717) is 12.3 Å². The van der Waals surface area contributed by atoms with Crippen molar-refractivity contribution in [2.45, 2.75) is 33.9 Å². The van der Waals surface area contributed by atoms with E-state index in [2.05, 4.69) is 15.1 Å². The van der Waals surface area contributed by atoms with Crippen LogP contribution in [-0.2, 0) is 13.2 Å². The van der Waals surface area contributed by atoms with Crippen LogP contribution in [0.3, 0.4) is 0 Å². The molecule has 0 atom stereocenters. The highest BCUT2D eigenvalue weighted by Crippen LogP contribution is 2.18. The number of hydrogen-bond donors (Lipinski definition) is 1. The Labute approximate surface area is 152 Å². The summed E-state index contributed by atoms with van der Waals surface area (Å²) in [6, 6.07) is 7.49. The molecule has 7 heteroatoms. The summed E-state index contributed by atoms with van der Waals surface area (Å²) in [5, 5.41) is 3.85. The molecule has 1 N–H and O–H groups in total. The molecular formula is C19H22N4O3. The molecule has 2 heterocycles. The molecule has 0 radical (unpaired) electrons. The second-order valence-corrected chi connectivity index (χ2v) is 6.39. The maximum Gasteiger partial charge on any atom is 0.276 e. The van der Waals surface area contributed by atoms with Gasteiger partial charge in [0.15, 0.2) is 11.5 Å². The molecule has 0 bridgehead atoms. The number of ether oxygens (including phenoxy) is 1. The predicted molar refractivity (Wildman–Crippen MR) is 95.9 cm³/mol. The third-order valence-electron chi connectivity index (χ3n) is 4.13. The molecule has 0 aliphatic heterocycles. The number of nitrogens with zero attached hydrogens (tertiary/aromatic N) is 3. The molecule has 0 saturated heterocycles. The number of benzene rings is 1. The van der Waals surface area contributed by atoms with E-state index in [9.17, 15) is 4.79 Å². The standard InChI is InChI=1S/C19H22N4O3/c1-12-5-6-15(7-13(12)2)25-11-16-8-17(22-26-16)19(24)23(4)10-18-20-9-14(3)21-18/h5-9H,10-11H2,1-4H3,(H,20,21). The fraction of sp³-hybridized carbons (Fsp3) is 0.316. The highest BCUT2D eigenvalue weighted by Gasteiger charge is 2.18. The highest BCUT2D eigenvalue weighted by molar-refractivity contribution is 5.91. The smallest absolute Gasteiger partial charge is 0.276 e. The van der Waals surface area contributed by atoms with Crippen LogP contribution in [0.2, 0.25) is 0 Å². The number of nitrogens with one attached hydrogen (secondary N) is 1. The van der Waals surface area contributed by atoms with Gasteiger partial charge in [-0.1, -0.05) is 11.2 Å². The zero-order valence-electron chi connectivity index (χ0n) is 15.4. The summed E-state index contributed by atoms with van der Waals surface area (Å²) in [6.45, 7) is 6.58. The zero-order valence-corrected chi connectivity index (χ0v) is 15.4. The Morgan fingerprint density at radius 3 is 2.73 bits per heavy atom. The SMILES string of the molecule is Cc1cnc(CN(C)C(=O)c2cc(COc3ccc(C)c(C)c3)on2)[nH]1. The molecule has 1 aromatic carbocycles. The van der Waals surface area contributed by atoms with Crippen molar-refractivity contribution in [2.24, 2.45) is 0 Å². The Kier molecular flexibility index (Phi) is 5.06. The molecule has 7 nitrogen and oxygen atoms in total. The van der Waals surface area contributed by atoms with Crippen LogP contribution in [0, 0.1) is 20.8 Å². The fourth-order valence-corrected chi connectivity index (χ4v) is 2.48. The van der Waals surface area contributed by atoms with Crippen molar-refractivity contribution in [2.75, 3.05) is 7.05 Å². The largest absolute Gasteiger partial charge is 0.486 e. The third-order valence-corrected chi connectivity index (χ3v) is 4.13. The van der Waals surface area contributed by atoms with Gasteiger partial charge in [-0.05, 0) is 44.0 Å². The molecule has 0 spiro atoms. The van der Waals surface area contributed by atoms with Gasteiger partial charge in [-0.2, -0.15) is 0 Å². The van der Waals surface area contributed by atoms with Gasteiger partial charge in [0, 0.05) is 25.0 Å². The van der Waals surface area contributed by atoms with Crippen molar-refractivity contribution in [1.82, 2.24) is 20.0 Å². The van der Waals surface area contributed by atoms with Crippen LogP contribution in [0.5, 0.6) is 5.75 Å². The second-order valence-electron chi connectivity index (χ2n) is 6.39. The van der Waals surface area contributed by atoms with Gasteiger partial charge in [0.05, 0.1) is 6.54 Å². The summed E-state index contributed by atoms with van der Waals surface area (Å²) in [7, 11) is 1.69. The number of H-pyrrole nitrogens is 1. The first-order chi connectivity index (χ1) is 12.4. The van der Waals surface area contributed by atoms with Crippen molar-refractivity contribution >= 4 is 5.91 Å². The number of aromatic amines is 1. The lowest BCUT2D eigenvalue weighted by Crippen LogP contribution is -2.27. The van der Waals surface area contributed by atoms with Gasteiger partial charge in [-0.15, -0.1) is 0 Å². The van der Waals surface area contributed by atoms with Gasteiger partial charge in [-0.25, -0.2) is 4.98 Å². The Morgan fingerprint density at radius 1 is 1.23 bits per heavy atom. The van der Waals surface area contributed by atoms with E-state index < -0.39 is 0 Å². The van der Waals surface area contributed by atoms with Crippen LogP contribution in [0.4, 0.5) is 0 Å². The number of carbonyl (C=O) groups is 1. The quantitative estimate of drug-likeness (QED) is 0.735. The molecular weight excluding hydrogens is 332 g/mol. The van der Waals surface area contributed by atoms with Gasteiger partial charge in [0.1, 0.15) is 18.2 Å². The van der Waals surface area contributed by atoms with Crippen LogP contribution >= 0.6 is 0 Å². The normalized spacial score (nSPS) is 10.8. The lowest BCUT2D eigenvalue weighted by Gasteiger charge is -2.13. The number of rotatable bonds is 6. The Hall–Kier alpha value is -3.09. The zero-order chi connectivity index (χ0) is 18.7. The summed E-state index contributed by atoms with van der Waals surface area (Å²) < 4.78 is 10.9. The van der Waals surface area contributed by atoms with Gasteiger partial charge < -0.3 is 19.1 Å². The summed E-state index contributed by atoms with van der Waals surface area (Å²) in [4.78, 5) is 21.3. The molecule has 3 aromatic rings. The van der Waals surface area contributed by atoms with Crippen LogP contribution in [0.1, 0.15) is 38.9 Å². The van der Waals surface area contributed by atoms with Crippen molar-refractivity contribution in [1.29, 1.82) is 0 Å². The molecule has 0 saturated carbocycles. The number of amides is 1.